The minimum absolute atomic E-state index is 0.000762. The number of hydrogen-bond acceptors (Lipinski definition) is 25. The average Bonchev–Trinajstić information content (AvgIpc) is 3.35. The first-order chi connectivity index (χ1) is 34.2. The lowest BCUT2D eigenvalue weighted by Crippen LogP contribution is -2.60. The Morgan fingerprint density at radius 3 is 1.49 bits per heavy atom. The van der Waals surface area contributed by atoms with E-state index in [1.807, 2.05) is 0 Å². The highest BCUT2D eigenvalue weighted by Crippen LogP contribution is 2.45. The lowest BCUT2D eigenvalue weighted by atomic mass is 9.95. The highest BCUT2D eigenvalue weighted by atomic mass is 16.7. The Bertz CT molecular complexity index is 2140. The number of hydrogen-bond donors (Lipinski definition) is 13. The van der Waals surface area contributed by atoms with Gasteiger partial charge in [-0.2, -0.15) is 0 Å². The van der Waals surface area contributed by atoms with Gasteiger partial charge < -0.3 is 118 Å². The van der Waals surface area contributed by atoms with Crippen LogP contribution in [0.4, 0.5) is 0 Å². The summed E-state index contributed by atoms with van der Waals surface area (Å²) < 4.78 is 62.1. The van der Waals surface area contributed by atoms with Crippen molar-refractivity contribution in [3.05, 3.63) is 47.0 Å². The van der Waals surface area contributed by atoms with Crippen LogP contribution in [0.25, 0.3) is 12.2 Å². The molecule has 5 rings (SSSR count). The van der Waals surface area contributed by atoms with Crippen molar-refractivity contribution in [1.82, 2.24) is 0 Å². The van der Waals surface area contributed by atoms with Crippen LogP contribution in [0.15, 0.2) is 30.4 Å². The fourth-order valence-electron chi connectivity index (χ4n) is 8.08. The molecular formula is C46H64O26. The van der Waals surface area contributed by atoms with E-state index in [-0.39, 0.29) is 40.9 Å². The molecule has 3 saturated heterocycles. The van der Waals surface area contributed by atoms with E-state index in [0.29, 0.717) is 16.7 Å². The molecule has 0 unspecified atom stereocenters. The van der Waals surface area contributed by atoms with Crippen LogP contribution in [0.5, 0.6) is 34.5 Å². The Kier molecular flexibility index (Phi) is 20.7. The first-order valence-corrected chi connectivity index (χ1v) is 22.4. The van der Waals surface area contributed by atoms with Crippen molar-refractivity contribution in [3.63, 3.8) is 0 Å². The Morgan fingerprint density at radius 2 is 1.03 bits per heavy atom. The maximum absolute atomic E-state index is 13.2. The van der Waals surface area contributed by atoms with Crippen molar-refractivity contribution in [3.8, 4) is 34.5 Å². The van der Waals surface area contributed by atoms with Gasteiger partial charge in [0, 0.05) is 5.56 Å². The largest absolute Gasteiger partial charge is 0.493 e. The summed E-state index contributed by atoms with van der Waals surface area (Å²) in [7, 11) is 5.23. The van der Waals surface area contributed by atoms with Crippen LogP contribution in [0.3, 0.4) is 0 Å². The zero-order valence-electron chi connectivity index (χ0n) is 39.8. The minimum Gasteiger partial charge on any atom is -0.493 e. The highest BCUT2D eigenvalue weighted by Gasteiger charge is 2.49. The zero-order chi connectivity index (χ0) is 53.2. The summed E-state index contributed by atoms with van der Waals surface area (Å²) in [5.41, 5.74) is -0.710. The van der Waals surface area contributed by atoms with E-state index in [4.69, 9.17) is 52.1 Å². The second kappa shape index (κ2) is 25.8. The molecule has 26 heteroatoms. The van der Waals surface area contributed by atoms with E-state index < -0.39 is 149 Å². The van der Waals surface area contributed by atoms with Crippen LogP contribution in [-0.4, -0.2) is 231 Å². The third-order valence-corrected chi connectivity index (χ3v) is 12.0. The van der Waals surface area contributed by atoms with Gasteiger partial charge in [0.1, 0.15) is 79.9 Å². The number of esters is 1. The Labute approximate surface area is 411 Å². The number of carbonyl (C=O) groups excluding carboxylic acids is 1. The van der Waals surface area contributed by atoms with Crippen LogP contribution in [-0.2, 0) is 39.7 Å². The van der Waals surface area contributed by atoms with E-state index in [1.54, 1.807) is 12.2 Å². The summed E-state index contributed by atoms with van der Waals surface area (Å²) in [4.78, 5) is 25.0. The predicted octanol–water partition coefficient (Wildman–Crippen LogP) is -3.67. The second-order valence-electron chi connectivity index (χ2n) is 17.1. The normalized spacial score (nSPS) is 31.7. The first kappa shape index (κ1) is 57.9. The minimum atomic E-state index is -1.90. The van der Waals surface area contributed by atoms with Crippen LogP contribution in [0.2, 0.25) is 0 Å². The van der Waals surface area contributed by atoms with Gasteiger partial charge in [-0.15, -0.1) is 0 Å². The number of ether oxygens (including phenoxy) is 11. The Hall–Kier alpha value is -4.98. The molecule has 404 valence electrons. The number of aliphatic carboxylic acids is 1. The molecule has 0 spiro atoms. The molecule has 72 heavy (non-hydrogen) atoms. The van der Waals surface area contributed by atoms with E-state index in [0.717, 1.165) is 0 Å². The molecule has 3 heterocycles. The molecule has 0 amide bonds. The molecule has 2 aromatic rings. The standard InChI is InChI=1S/C46H64O26/c1-46(15-29(50)51,72-45-39(61)36(58)33(55)28(19-49)69-45)16-30(52)66-11-7-9-21-14-25(64-4)42(71-44-38(60)35(57)32(54)27(18-48)68-44)40(65-5)22(21)10-6-8-20-12-23(62-2)41(24(13-20)63-3)70-43-37(59)34(56)31(53)26(17-47)67-43/h6-9,12-14,26-28,31-39,43-45,47-49,53-61H,10-11,15-19H2,1-5H3,(H,50,51)/b8-6+,9-7+/t26-,27-,28-,31-,32-,33-,34+,35+,36+,37-,38-,39-,43+,44+,45+,46+/m1/s1. The predicted molar refractivity (Wildman–Crippen MR) is 241 cm³/mol. The number of allylic oxidation sites excluding steroid dienone is 1. The molecule has 3 fully saturated rings. The van der Waals surface area contributed by atoms with Crippen molar-refractivity contribution < 1.29 is 128 Å². The van der Waals surface area contributed by atoms with Gasteiger partial charge in [-0.3, -0.25) is 9.59 Å². The van der Waals surface area contributed by atoms with Gasteiger partial charge in [-0.05, 0) is 48.7 Å². The maximum Gasteiger partial charge on any atom is 0.309 e. The quantitative estimate of drug-likeness (QED) is 0.0477. The van der Waals surface area contributed by atoms with Crippen molar-refractivity contribution in [1.29, 1.82) is 0 Å². The molecular weight excluding hydrogens is 968 g/mol. The number of carboxylic acid groups (broad SMARTS) is 1. The summed E-state index contributed by atoms with van der Waals surface area (Å²) >= 11 is 0. The monoisotopic (exact) mass is 1030 g/mol. The molecule has 0 aliphatic carbocycles. The molecule has 16 atom stereocenters. The number of benzene rings is 2. The van der Waals surface area contributed by atoms with Crippen molar-refractivity contribution in [2.24, 2.45) is 0 Å². The van der Waals surface area contributed by atoms with Gasteiger partial charge in [0.15, 0.2) is 29.3 Å². The van der Waals surface area contributed by atoms with Gasteiger partial charge >= 0.3 is 11.9 Å². The summed E-state index contributed by atoms with van der Waals surface area (Å²) in [6, 6.07) is 4.55. The van der Waals surface area contributed by atoms with Gasteiger partial charge in [0.05, 0.1) is 66.7 Å². The van der Waals surface area contributed by atoms with Crippen LogP contribution in [0, 0.1) is 0 Å². The molecule has 0 radical (unpaired) electrons. The molecule has 2 aromatic carbocycles. The van der Waals surface area contributed by atoms with Crippen LogP contribution in [0.1, 0.15) is 36.5 Å². The van der Waals surface area contributed by atoms with E-state index >= 15 is 0 Å². The lowest BCUT2D eigenvalue weighted by molar-refractivity contribution is -0.325. The highest BCUT2D eigenvalue weighted by molar-refractivity contribution is 5.74. The van der Waals surface area contributed by atoms with E-state index in [9.17, 15) is 76.0 Å². The summed E-state index contributed by atoms with van der Waals surface area (Å²) in [5.74, 6) is -2.44. The fraction of sp³-hybridized carbons (Fsp3) is 0.609. The van der Waals surface area contributed by atoms with Crippen molar-refractivity contribution >= 4 is 24.1 Å². The summed E-state index contributed by atoms with van der Waals surface area (Å²) in [6.45, 7) is -1.41. The Morgan fingerprint density at radius 1 is 0.569 bits per heavy atom. The Balaban J connectivity index is 1.44. The average molecular weight is 1030 g/mol. The molecule has 26 nitrogen and oxygen atoms in total. The van der Waals surface area contributed by atoms with Crippen LogP contribution < -0.4 is 28.4 Å². The summed E-state index contributed by atoms with van der Waals surface area (Å²) in [6.07, 6.45) is -20.1. The van der Waals surface area contributed by atoms with Crippen molar-refractivity contribution in [2.75, 3.05) is 54.9 Å². The second-order valence-corrected chi connectivity index (χ2v) is 17.1. The molecule has 3 aliphatic heterocycles. The SMILES string of the molecule is COc1cc(/C=C/Cc2c(/C=C/COC(=O)C[C@](C)(CC(=O)O)O[C@@H]3O[C@H](CO)[C@@H](O)[C@H](O)[C@H]3O)cc(OC)c(O[C@@H]3O[C@H](CO)[C@@H](O)[C@H](O)[C@H]3O)c2OC)cc(OC)c1O[C@@H]1O[C@H](CO)[C@@H](O)[C@H](O)[C@H]1O. The smallest absolute Gasteiger partial charge is 0.309 e. The van der Waals surface area contributed by atoms with Crippen molar-refractivity contribution in [2.45, 2.75) is 124 Å². The van der Waals surface area contributed by atoms with Gasteiger partial charge in [-0.25, -0.2) is 0 Å². The van der Waals surface area contributed by atoms with Gasteiger partial charge in [0.25, 0.3) is 0 Å². The number of methoxy groups -OCH3 is 4. The topological polar surface area (TPSA) is 399 Å². The molecule has 13 N–H and O–H groups in total. The van der Waals surface area contributed by atoms with E-state index in [2.05, 4.69) is 0 Å². The third kappa shape index (κ3) is 13.4. The number of aliphatic hydroxyl groups excluding tert-OH is 12. The number of aliphatic hydroxyl groups is 12. The van der Waals surface area contributed by atoms with Gasteiger partial charge in [-0.1, -0.05) is 18.2 Å². The number of rotatable bonds is 23. The molecule has 0 aromatic heterocycles. The number of carbonyl (C=O) groups is 2. The molecule has 0 saturated carbocycles. The fourth-order valence-corrected chi connectivity index (χ4v) is 8.08. The first-order valence-electron chi connectivity index (χ1n) is 22.4. The lowest BCUT2D eigenvalue weighted by Gasteiger charge is -2.42. The van der Waals surface area contributed by atoms with E-state index in [1.165, 1.54) is 65.7 Å². The zero-order valence-corrected chi connectivity index (χ0v) is 39.8. The van der Waals surface area contributed by atoms with Gasteiger partial charge in [0.2, 0.25) is 24.1 Å². The van der Waals surface area contributed by atoms with Crippen LogP contribution >= 0.6 is 0 Å². The third-order valence-electron chi connectivity index (χ3n) is 12.0. The number of carboxylic acids is 1. The summed E-state index contributed by atoms with van der Waals surface area (Å²) in [5, 5.41) is 132. The molecule has 0 bridgehead atoms. The molecule has 3 aliphatic rings. The maximum atomic E-state index is 13.2.